The number of piperidine rings is 1. The van der Waals surface area contributed by atoms with E-state index in [-0.39, 0.29) is 11.9 Å². The Balaban J connectivity index is 1.46. The van der Waals surface area contributed by atoms with Crippen LogP contribution in [-0.4, -0.2) is 51.7 Å². The second kappa shape index (κ2) is 9.30. The zero-order valence-corrected chi connectivity index (χ0v) is 17.8. The van der Waals surface area contributed by atoms with Crippen LogP contribution >= 0.6 is 0 Å². The van der Waals surface area contributed by atoms with E-state index in [1.54, 1.807) is 17.0 Å². The van der Waals surface area contributed by atoms with Crippen LogP contribution in [0.5, 0.6) is 0 Å². The first-order chi connectivity index (χ1) is 14.6. The Morgan fingerprint density at radius 2 is 1.93 bits per heavy atom. The zero-order chi connectivity index (χ0) is 20.9. The van der Waals surface area contributed by atoms with Crippen molar-refractivity contribution >= 4 is 5.91 Å². The van der Waals surface area contributed by atoms with Gasteiger partial charge in [-0.2, -0.15) is 5.10 Å². The molecule has 0 bridgehead atoms. The Morgan fingerprint density at radius 1 is 1.17 bits per heavy atom. The first-order valence-corrected chi connectivity index (χ1v) is 10.6. The molecule has 1 atom stereocenters. The molecule has 30 heavy (non-hydrogen) atoms. The fourth-order valence-corrected chi connectivity index (χ4v) is 4.47. The van der Waals surface area contributed by atoms with Crippen LogP contribution in [0.3, 0.4) is 0 Å². The fraction of sp³-hybridized carbons (Fsp3) is 0.417. The molecule has 3 heterocycles. The van der Waals surface area contributed by atoms with Gasteiger partial charge in [0.2, 0.25) is 0 Å². The normalized spacial score (nSPS) is 16.5. The van der Waals surface area contributed by atoms with Gasteiger partial charge in [-0.3, -0.25) is 14.4 Å². The van der Waals surface area contributed by atoms with Crippen LogP contribution in [0.15, 0.2) is 65.6 Å². The average molecular weight is 407 g/mol. The van der Waals surface area contributed by atoms with Crippen LogP contribution in [-0.2, 0) is 20.0 Å². The van der Waals surface area contributed by atoms with Crippen molar-refractivity contribution < 1.29 is 9.21 Å². The van der Waals surface area contributed by atoms with Crippen molar-refractivity contribution in [1.29, 1.82) is 0 Å². The third-order valence-corrected chi connectivity index (χ3v) is 6.20. The van der Waals surface area contributed by atoms with Gasteiger partial charge in [0.25, 0.3) is 5.91 Å². The summed E-state index contributed by atoms with van der Waals surface area (Å²) >= 11 is 0. The monoisotopic (exact) mass is 406 g/mol. The standard InChI is InChI=1S/C24H30N4O2/c1-26-12-10-22(25-26)24(29)27(2)23(16-19-6-4-3-5-7-19)21-8-13-28(14-9-21)17-20-11-15-30-18-20/h3-7,10-12,15,18,21,23H,8-9,13-14,16-17H2,1-2H3. The number of carbonyl (C=O) groups excluding carboxylic acids is 1. The minimum Gasteiger partial charge on any atom is -0.472 e. The number of amides is 1. The molecule has 6 heteroatoms. The number of benzene rings is 1. The summed E-state index contributed by atoms with van der Waals surface area (Å²) in [7, 11) is 3.77. The maximum atomic E-state index is 13.1. The summed E-state index contributed by atoms with van der Waals surface area (Å²) in [5.74, 6) is 0.459. The lowest BCUT2D eigenvalue weighted by atomic mass is 9.84. The Kier molecular flexibility index (Phi) is 6.33. The summed E-state index contributed by atoms with van der Waals surface area (Å²) < 4.78 is 6.89. The van der Waals surface area contributed by atoms with Crippen LogP contribution in [0.1, 0.15) is 34.5 Å². The molecule has 1 aromatic carbocycles. The van der Waals surface area contributed by atoms with E-state index in [9.17, 15) is 4.79 Å². The molecule has 0 saturated carbocycles. The maximum absolute atomic E-state index is 13.1. The van der Waals surface area contributed by atoms with Gasteiger partial charge in [0.1, 0.15) is 5.69 Å². The highest BCUT2D eigenvalue weighted by Gasteiger charge is 2.32. The van der Waals surface area contributed by atoms with Crippen LogP contribution in [0, 0.1) is 5.92 Å². The highest BCUT2D eigenvalue weighted by molar-refractivity contribution is 5.92. The summed E-state index contributed by atoms with van der Waals surface area (Å²) in [6.45, 7) is 2.99. The van der Waals surface area contributed by atoms with E-state index < -0.39 is 0 Å². The second-order valence-corrected chi connectivity index (χ2v) is 8.29. The van der Waals surface area contributed by atoms with Crippen LogP contribution in [0.25, 0.3) is 0 Å². The number of nitrogens with zero attached hydrogens (tertiary/aromatic N) is 4. The van der Waals surface area contributed by atoms with Crippen molar-refractivity contribution in [3.8, 4) is 0 Å². The number of aryl methyl sites for hydroxylation is 1. The number of carbonyl (C=O) groups is 1. The third kappa shape index (κ3) is 4.82. The average Bonchev–Trinajstić information content (AvgIpc) is 3.44. The predicted molar refractivity (Wildman–Crippen MR) is 116 cm³/mol. The lowest BCUT2D eigenvalue weighted by Gasteiger charge is -2.40. The van der Waals surface area contributed by atoms with E-state index in [0.29, 0.717) is 11.6 Å². The van der Waals surface area contributed by atoms with Gasteiger partial charge in [0.15, 0.2) is 0 Å². The number of rotatable bonds is 7. The molecule has 158 valence electrons. The van der Waals surface area contributed by atoms with Gasteiger partial charge in [0.05, 0.1) is 12.5 Å². The van der Waals surface area contributed by atoms with E-state index in [1.165, 1.54) is 11.1 Å². The number of likely N-dealkylation sites (tertiary alicyclic amines) is 1. The Bertz CT molecular complexity index is 927. The first-order valence-electron chi connectivity index (χ1n) is 10.6. The fourth-order valence-electron chi connectivity index (χ4n) is 4.47. The minimum atomic E-state index is -0.00245. The van der Waals surface area contributed by atoms with Gasteiger partial charge in [-0.25, -0.2) is 0 Å². The van der Waals surface area contributed by atoms with Crippen LogP contribution in [0.4, 0.5) is 0 Å². The van der Waals surface area contributed by atoms with E-state index in [2.05, 4.69) is 34.3 Å². The lowest BCUT2D eigenvalue weighted by Crippen LogP contribution is -2.47. The van der Waals surface area contributed by atoms with E-state index >= 15 is 0 Å². The minimum absolute atomic E-state index is 0.00245. The molecule has 1 aliphatic rings. The number of hydrogen-bond donors (Lipinski definition) is 0. The predicted octanol–water partition coefficient (Wildman–Crippen LogP) is 3.61. The molecule has 6 nitrogen and oxygen atoms in total. The molecule has 1 unspecified atom stereocenters. The van der Waals surface area contributed by atoms with Gasteiger partial charge >= 0.3 is 0 Å². The van der Waals surface area contributed by atoms with Crippen molar-refractivity contribution in [3.63, 3.8) is 0 Å². The molecule has 1 fully saturated rings. The lowest BCUT2D eigenvalue weighted by molar-refractivity contribution is 0.0578. The number of furan rings is 1. The molecule has 0 radical (unpaired) electrons. The van der Waals surface area contributed by atoms with Crippen LogP contribution in [0.2, 0.25) is 0 Å². The third-order valence-electron chi connectivity index (χ3n) is 6.20. The summed E-state index contributed by atoms with van der Waals surface area (Å²) in [5.41, 5.74) is 3.00. The summed E-state index contributed by atoms with van der Waals surface area (Å²) in [4.78, 5) is 17.5. The largest absolute Gasteiger partial charge is 0.472 e. The van der Waals surface area contributed by atoms with E-state index in [0.717, 1.165) is 38.9 Å². The molecule has 0 spiro atoms. The second-order valence-electron chi connectivity index (χ2n) is 8.29. The molecular weight excluding hydrogens is 376 g/mol. The molecule has 2 aromatic heterocycles. The van der Waals surface area contributed by atoms with Crippen molar-refractivity contribution in [2.75, 3.05) is 20.1 Å². The molecule has 0 aliphatic carbocycles. The Labute approximate surface area is 178 Å². The molecule has 0 N–H and O–H groups in total. The maximum Gasteiger partial charge on any atom is 0.274 e. The van der Waals surface area contributed by atoms with E-state index in [1.807, 2.05) is 43.6 Å². The van der Waals surface area contributed by atoms with Crippen molar-refractivity contribution in [2.24, 2.45) is 13.0 Å². The van der Waals surface area contributed by atoms with Crippen molar-refractivity contribution in [3.05, 3.63) is 78.0 Å². The quantitative estimate of drug-likeness (QED) is 0.602. The summed E-state index contributed by atoms with van der Waals surface area (Å²) in [5, 5.41) is 4.33. The molecule has 1 amide bonds. The number of likely N-dealkylation sites (N-methyl/N-ethyl adjacent to an activating group) is 1. The Hall–Kier alpha value is -2.86. The van der Waals surface area contributed by atoms with Crippen molar-refractivity contribution in [2.45, 2.75) is 31.8 Å². The molecule has 3 aromatic rings. The van der Waals surface area contributed by atoms with Gasteiger partial charge in [-0.15, -0.1) is 0 Å². The molecular formula is C24H30N4O2. The SMILES string of the molecule is CN(C(=O)c1ccn(C)n1)C(Cc1ccccc1)C1CCN(Cc2ccoc2)CC1. The number of aromatic nitrogens is 2. The highest BCUT2D eigenvalue weighted by Crippen LogP contribution is 2.28. The van der Waals surface area contributed by atoms with Crippen LogP contribution < -0.4 is 0 Å². The molecule has 4 rings (SSSR count). The molecule has 1 aliphatic heterocycles. The van der Waals surface area contributed by atoms with Gasteiger partial charge < -0.3 is 9.32 Å². The zero-order valence-electron chi connectivity index (χ0n) is 17.8. The Morgan fingerprint density at radius 3 is 2.57 bits per heavy atom. The van der Waals surface area contributed by atoms with Gasteiger partial charge in [-0.1, -0.05) is 30.3 Å². The smallest absolute Gasteiger partial charge is 0.274 e. The summed E-state index contributed by atoms with van der Waals surface area (Å²) in [6.07, 6.45) is 8.40. The summed E-state index contributed by atoms with van der Waals surface area (Å²) in [6, 6.07) is 14.5. The van der Waals surface area contributed by atoms with Crippen molar-refractivity contribution in [1.82, 2.24) is 19.6 Å². The van der Waals surface area contributed by atoms with E-state index in [4.69, 9.17) is 4.42 Å². The molecule has 1 saturated heterocycles. The number of hydrogen-bond acceptors (Lipinski definition) is 4. The topological polar surface area (TPSA) is 54.5 Å². The first kappa shape index (κ1) is 20.4. The van der Waals surface area contributed by atoms with Gasteiger partial charge in [-0.05, 0) is 56.0 Å². The highest BCUT2D eigenvalue weighted by atomic mass is 16.3. The van der Waals surface area contributed by atoms with Gasteiger partial charge in [0, 0.05) is 38.4 Å².